The van der Waals surface area contributed by atoms with Gasteiger partial charge in [0.2, 0.25) is 0 Å². The fourth-order valence-electron chi connectivity index (χ4n) is 1.34. The molecule has 2 rings (SSSR count). The van der Waals surface area contributed by atoms with Crippen molar-refractivity contribution in [2.45, 2.75) is 19.4 Å². The van der Waals surface area contributed by atoms with E-state index in [9.17, 15) is 4.79 Å². The summed E-state index contributed by atoms with van der Waals surface area (Å²) in [5.74, 6) is 0. The third kappa shape index (κ3) is 1.09. The van der Waals surface area contributed by atoms with Crippen LogP contribution < -0.4 is 10.9 Å². The van der Waals surface area contributed by atoms with Gasteiger partial charge in [-0.2, -0.15) is 0 Å². The van der Waals surface area contributed by atoms with Crippen molar-refractivity contribution < 1.29 is 4.52 Å². The molecule has 0 atom stereocenters. The lowest BCUT2D eigenvalue weighted by Gasteiger charge is -1.92. The minimum absolute atomic E-state index is 0.227. The second kappa shape index (κ2) is 2.54. The number of nitrogens with one attached hydrogen (secondary N) is 2. The lowest BCUT2D eigenvalue weighted by atomic mass is 10.2. The smallest absolute Gasteiger partial charge is 0.339 e. The number of H-pyrrole nitrogens is 1. The van der Waals surface area contributed by atoms with Gasteiger partial charge in [0.25, 0.3) is 0 Å². The zero-order chi connectivity index (χ0) is 7.68. The van der Waals surface area contributed by atoms with E-state index in [1.165, 1.54) is 0 Å². The molecule has 2 heterocycles. The normalized spacial score (nSPS) is 17.5. The number of hydrogen-bond acceptors (Lipinski definition) is 3. The van der Waals surface area contributed by atoms with Crippen LogP contribution in [-0.2, 0) is 13.0 Å². The Morgan fingerprint density at radius 1 is 1.45 bits per heavy atom. The summed E-state index contributed by atoms with van der Waals surface area (Å²) >= 11 is 0. The van der Waals surface area contributed by atoms with Crippen LogP contribution in [0.1, 0.15) is 17.7 Å². The molecule has 0 saturated heterocycles. The van der Waals surface area contributed by atoms with Crippen molar-refractivity contribution in [3.05, 3.63) is 21.7 Å². The van der Waals surface area contributed by atoms with E-state index in [1.54, 1.807) is 0 Å². The highest BCUT2D eigenvalue weighted by molar-refractivity contribution is 5.15. The standard InChI is InChI=1S/C7H10N2O2/c10-7-5-4-8-3-1-2-6(5)9-11-7/h8-9H,1-4H2. The molecule has 1 aromatic heterocycles. The second-order valence-corrected chi connectivity index (χ2v) is 2.73. The monoisotopic (exact) mass is 154 g/mol. The summed E-state index contributed by atoms with van der Waals surface area (Å²) in [7, 11) is 0. The number of fused-ring (bicyclic) bond motifs is 1. The molecule has 0 fully saturated rings. The van der Waals surface area contributed by atoms with E-state index in [0.29, 0.717) is 6.54 Å². The molecule has 0 unspecified atom stereocenters. The quantitative estimate of drug-likeness (QED) is 0.553. The van der Waals surface area contributed by atoms with Crippen LogP contribution in [0.15, 0.2) is 9.32 Å². The minimum Gasteiger partial charge on any atom is -0.339 e. The Balaban J connectivity index is 2.43. The van der Waals surface area contributed by atoms with Crippen LogP contribution in [0.4, 0.5) is 0 Å². The van der Waals surface area contributed by atoms with Crippen molar-refractivity contribution in [1.82, 2.24) is 10.5 Å². The molecule has 1 aromatic rings. The number of aromatic nitrogens is 1. The Hall–Kier alpha value is -1.03. The topological polar surface area (TPSA) is 58.0 Å². The molecule has 11 heavy (non-hydrogen) atoms. The van der Waals surface area contributed by atoms with Gasteiger partial charge < -0.3 is 9.84 Å². The molecule has 0 aliphatic carbocycles. The Morgan fingerprint density at radius 3 is 3.27 bits per heavy atom. The van der Waals surface area contributed by atoms with Crippen LogP contribution >= 0.6 is 0 Å². The number of hydrogen-bond donors (Lipinski definition) is 2. The Morgan fingerprint density at radius 2 is 2.36 bits per heavy atom. The first-order chi connectivity index (χ1) is 5.38. The Labute approximate surface area is 63.6 Å². The van der Waals surface area contributed by atoms with Crippen molar-refractivity contribution in [3.63, 3.8) is 0 Å². The van der Waals surface area contributed by atoms with E-state index in [0.717, 1.165) is 30.6 Å². The van der Waals surface area contributed by atoms with Crippen LogP contribution in [0, 0.1) is 0 Å². The molecule has 0 saturated carbocycles. The maximum Gasteiger partial charge on any atom is 0.361 e. The van der Waals surface area contributed by atoms with Crippen molar-refractivity contribution in [2.24, 2.45) is 0 Å². The Kier molecular flexibility index (Phi) is 1.54. The summed E-state index contributed by atoms with van der Waals surface area (Å²) in [5, 5.41) is 5.79. The molecule has 1 aliphatic rings. The fraction of sp³-hybridized carbons (Fsp3) is 0.571. The molecule has 0 spiro atoms. The van der Waals surface area contributed by atoms with Crippen LogP contribution in [0.3, 0.4) is 0 Å². The Bertz CT molecular complexity index is 300. The highest BCUT2D eigenvalue weighted by atomic mass is 16.5. The third-order valence-electron chi connectivity index (χ3n) is 1.96. The zero-order valence-electron chi connectivity index (χ0n) is 6.14. The predicted octanol–water partition coefficient (Wildman–Crippen LogP) is 0.00370. The van der Waals surface area contributed by atoms with Crippen LogP contribution in [0.25, 0.3) is 0 Å². The molecule has 0 radical (unpaired) electrons. The fourth-order valence-corrected chi connectivity index (χ4v) is 1.34. The van der Waals surface area contributed by atoms with Gasteiger partial charge in [0.05, 0.1) is 11.3 Å². The molecular formula is C7H10N2O2. The molecule has 4 nitrogen and oxygen atoms in total. The van der Waals surface area contributed by atoms with Crippen molar-refractivity contribution in [3.8, 4) is 0 Å². The summed E-state index contributed by atoms with van der Waals surface area (Å²) < 4.78 is 4.65. The molecular weight excluding hydrogens is 144 g/mol. The molecule has 1 aliphatic heterocycles. The molecule has 0 bridgehead atoms. The van der Waals surface area contributed by atoms with E-state index >= 15 is 0 Å². The van der Waals surface area contributed by atoms with Crippen molar-refractivity contribution in [2.75, 3.05) is 6.54 Å². The van der Waals surface area contributed by atoms with Crippen molar-refractivity contribution in [1.29, 1.82) is 0 Å². The van der Waals surface area contributed by atoms with Gasteiger partial charge in [-0.05, 0) is 19.4 Å². The number of rotatable bonds is 0. The van der Waals surface area contributed by atoms with Gasteiger partial charge in [-0.1, -0.05) is 0 Å². The summed E-state index contributed by atoms with van der Waals surface area (Å²) in [5.41, 5.74) is 1.50. The lowest BCUT2D eigenvalue weighted by molar-refractivity contribution is 0.381. The molecule has 4 heteroatoms. The van der Waals surface area contributed by atoms with Gasteiger partial charge in [0, 0.05) is 6.54 Å². The minimum atomic E-state index is -0.227. The van der Waals surface area contributed by atoms with Gasteiger partial charge in [-0.25, -0.2) is 9.95 Å². The largest absolute Gasteiger partial charge is 0.361 e. The summed E-state index contributed by atoms with van der Waals surface area (Å²) in [6.45, 7) is 1.61. The van der Waals surface area contributed by atoms with Gasteiger partial charge in [0.1, 0.15) is 0 Å². The first kappa shape index (κ1) is 6.67. The van der Waals surface area contributed by atoms with Crippen LogP contribution in [-0.4, -0.2) is 11.7 Å². The van der Waals surface area contributed by atoms with Crippen molar-refractivity contribution >= 4 is 0 Å². The highest BCUT2D eigenvalue weighted by Gasteiger charge is 2.13. The van der Waals surface area contributed by atoms with E-state index < -0.39 is 0 Å². The molecule has 0 amide bonds. The van der Waals surface area contributed by atoms with Crippen LogP contribution in [0.2, 0.25) is 0 Å². The lowest BCUT2D eigenvalue weighted by Crippen LogP contribution is -2.16. The van der Waals surface area contributed by atoms with E-state index in [-0.39, 0.29) is 5.63 Å². The summed E-state index contributed by atoms with van der Waals surface area (Å²) in [4.78, 5) is 11.0. The summed E-state index contributed by atoms with van der Waals surface area (Å²) in [6.07, 6.45) is 1.97. The van der Waals surface area contributed by atoms with Gasteiger partial charge in [0.15, 0.2) is 0 Å². The van der Waals surface area contributed by atoms with Gasteiger partial charge >= 0.3 is 5.63 Å². The van der Waals surface area contributed by atoms with E-state index in [4.69, 9.17) is 0 Å². The highest BCUT2D eigenvalue weighted by Crippen LogP contribution is 2.06. The average Bonchev–Trinajstić information content (AvgIpc) is 2.25. The molecule has 0 aromatic carbocycles. The van der Waals surface area contributed by atoms with E-state index in [1.807, 2.05) is 0 Å². The average molecular weight is 154 g/mol. The van der Waals surface area contributed by atoms with E-state index in [2.05, 4.69) is 15.0 Å². The maximum absolute atomic E-state index is 11.0. The number of aromatic amines is 1. The third-order valence-corrected chi connectivity index (χ3v) is 1.96. The molecule has 2 N–H and O–H groups in total. The first-order valence-corrected chi connectivity index (χ1v) is 3.78. The number of aryl methyl sites for hydroxylation is 1. The van der Waals surface area contributed by atoms with Gasteiger partial charge in [-0.3, -0.25) is 0 Å². The molecule has 60 valence electrons. The van der Waals surface area contributed by atoms with Crippen LogP contribution in [0.5, 0.6) is 0 Å². The SMILES string of the molecule is O=c1o[nH]c2c1CNCCC2. The summed E-state index contributed by atoms with van der Waals surface area (Å²) in [6, 6.07) is 0. The van der Waals surface area contributed by atoms with Gasteiger partial charge in [-0.15, -0.1) is 0 Å². The maximum atomic E-state index is 11.0. The first-order valence-electron chi connectivity index (χ1n) is 3.78. The predicted molar refractivity (Wildman–Crippen MR) is 39.4 cm³/mol. The zero-order valence-corrected chi connectivity index (χ0v) is 6.14. The second-order valence-electron chi connectivity index (χ2n) is 2.73.